The number of halogens is 1. The van der Waals surface area contributed by atoms with Gasteiger partial charge in [-0.2, -0.15) is 0 Å². The van der Waals surface area contributed by atoms with Gasteiger partial charge in [0.2, 0.25) is 0 Å². The topological polar surface area (TPSA) is 37.8 Å². The molecule has 0 bridgehead atoms. The zero-order chi connectivity index (χ0) is 13.0. The van der Waals surface area contributed by atoms with Crippen molar-refractivity contribution < 1.29 is 0 Å². The highest BCUT2D eigenvalue weighted by Gasteiger charge is 2.20. The van der Waals surface area contributed by atoms with E-state index < -0.39 is 0 Å². The second-order valence-electron chi connectivity index (χ2n) is 5.09. The van der Waals surface area contributed by atoms with E-state index in [1.807, 2.05) is 0 Å². The predicted molar refractivity (Wildman–Crippen MR) is 79.1 cm³/mol. The molecule has 4 heteroatoms. The molecule has 0 radical (unpaired) electrons. The summed E-state index contributed by atoms with van der Waals surface area (Å²) in [5.74, 6) is 2.56. The summed E-state index contributed by atoms with van der Waals surface area (Å²) in [6.07, 6.45) is 7.60. The number of nitrogens with zero attached hydrogens (tertiary/aromatic N) is 2. The highest BCUT2D eigenvalue weighted by molar-refractivity contribution is 9.10. The van der Waals surface area contributed by atoms with Crippen LogP contribution in [0.3, 0.4) is 0 Å². The van der Waals surface area contributed by atoms with Gasteiger partial charge in [-0.25, -0.2) is 9.97 Å². The summed E-state index contributed by atoms with van der Waals surface area (Å²) < 4.78 is 1.01. The zero-order valence-electron chi connectivity index (χ0n) is 11.3. The average Bonchev–Trinajstić information content (AvgIpc) is 2.41. The van der Waals surface area contributed by atoms with E-state index in [0.29, 0.717) is 5.92 Å². The summed E-state index contributed by atoms with van der Waals surface area (Å²) >= 11 is 3.58. The first kappa shape index (κ1) is 13.8. The van der Waals surface area contributed by atoms with Crippen LogP contribution in [-0.2, 0) is 0 Å². The molecule has 0 aliphatic heterocycles. The summed E-state index contributed by atoms with van der Waals surface area (Å²) in [4.78, 5) is 9.39. The Hall–Kier alpha value is -0.640. The molecule has 0 atom stereocenters. The Morgan fingerprint density at radius 3 is 2.61 bits per heavy atom. The Kier molecular flexibility index (Phi) is 4.98. The van der Waals surface area contributed by atoms with Crippen molar-refractivity contribution in [3.63, 3.8) is 0 Å². The van der Waals surface area contributed by atoms with Crippen molar-refractivity contribution >= 4 is 21.7 Å². The van der Waals surface area contributed by atoms with Crippen LogP contribution >= 0.6 is 15.9 Å². The van der Waals surface area contributed by atoms with Crippen LogP contribution in [0.4, 0.5) is 5.82 Å². The molecule has 2 rings (SSSR count). The minimum atomic E-state index is 0.563. The molecular formula is C14H22BrN3. The maximum absolute atomic E-state index is 4.73. The summed E-state index contributed by atoms with van der Waals surface area (Å²) in [7, 11) is 0. The number of hydrogen-bond donors (Lipinski definition) is 1. The molecular weight excluding hydrogens is 290 g/mol. The summed E-state index contributed by atoms with van der Waals surface area (Å²) in [5, 5.41) is 3.38. The Balaban J connectivity index is 2.22. The lowest BCUT2D eigenvalue weighted by atomic mass is 9.88. The molecule has 1 aliphatic rings. The molecule has 100 valence electrons. The molecule has 1 N–H and O–H groups in total. The minimum Gasteiger partial charge on any atom is -0.369 e. The second kappa shape index (κ2) is 6.50. The Labute approximate surface area is 118 Å². The van der Waals surface area contributed by atoms with Gasteiger partial charge >= 0.3 is 0 Å². The molecule has 1 aromatic rings. The third-order valence-corrected chi connectivity index (χ3v) is 4.50. The van der Waals surface area contributed by atoms with Crippen molar-refractivity contribution in [3.8, 4) is 0 Å². The lowest BCUT2D eigenvalue weighted by Gasteiger charge is -2.21. The Morgan fingerprint density at radius 1 is 1.22 bits per heavy atom. The van der Waals surface area contributed by atoms with Crippen LogP contribution in [0, 0.1) is 6.92 Å². The smallest absolute Gasteiger partial charge is 0.144 e. The molecule has 0 unspecified atom stereocenters. The highest BCUT2D eigenvalue weighted by atomic mass is 79.9. The van der Waals surface area contributed by atoms with E-state index in [1.165, 1.54) is 32.1 Å². The van der Waals surface area contributed by atoms with Gasteiger partial charge in [0.05, 0.1) is 10.2 Å². The van der Waals surface area contributed by atoms with Crippen LogP contribution in [0.5, 0.6) is 0 Å². The fourth-order valence-corrected chi connectivity index (χ4v) is 2.80. The molecule has 0 amide bonds. The summed E-state index contributed by atoms with van der Waals surface area (Å²) in [5.41, 5.74) is 1.05. The third kappa shape index (κ3) is 3.22. The van der Waals surface area contributed by atoms with E-state index in [0.717, 1.165) is 34.8 Å². The molecule has 3 nitrogen and oxygen atoms in total. The SMILES string of the molecule is CCCNc1nc(C2CCCCC2)nc(C)c1Br. The van der Waals surface area contributed by atoms with Crippen LogP contribution in [0.2, 0.25) is 0 Å². The quantitative estimate of drug-likeness (QED) is 0.894. The normalized spacial score (nSPS) is 16.8. The van der Waals surface area contributed by atoms with E-state index in [1.54, 1.807) is 0 Å². The van der Waals surface area contributed by atoms with E-state index in [4.69, 9.17) is 4.98 Å². The van der Waals surface area contributed by atoms with Crippen molar-refractivity contribution in [1.29, 1.82) is 0 Å². The first-order valence-electron chi connectivity index (χ1n) is 7.00. The molecule has 0 saturated heterocycles. The maximum Gasteiger partial charge on any atom is 0.144 e. The van der Waals surface area contributed by atoms with Crippen molar-refractivity contribution in [2.24, 2.45) is 0 Å². The number of nitrogens with one attached hydrogen (secondary N) is 1. The van der Waals surface area contributed by atoms with Crippen molar-refractivity contribution in [1.82, 2.24) is 9.97 Å². The second-order valence-corrected chi connectivity index (χ2v) is 5.88. The van der Waals surface area contributed by atoms with Crippen LogP contribution in [0.1, 0.15) is 62.9 Å². The van der Waals surface area contributed by atoms with Crippen LogP contribution in [-0.4, -0.2) is 16.5 Å². The molecule has 1 fully saturated rings. The first-order valence-corrected chi connectivity index (χ1v) is 7.79. The standard InChI is InChI=1S/C14H22BrN3/c1-3-9-16-14-12(15)10(2)17-13(18-14)11-7-5-4-6-8-11/h11H,3-9H2,1-2H3,(H,16,17,18). The van der Waals surface area contributed by atoms with Gasteiger partial charge in [0.1, 0.15) is 11.6 Å². The van der Waals surface area contributed by atoms with Crippen molar-refractivity contribution in [3.05, 3.63) is 16.0 Å². The van der Waals surface area contributed by atoms with Crippen LogP contribution in [0.15, 0.2) is 4.47 Å². The van der Waals surface area contributed by atoms with Gasteiger partial charge in [-0.3, -0.25) is 0 Å². The number of rotatable bonds is 4. The lowest BCUT2D eigenvalue weighted by Crippen LogP contribution is -2.13. The minimum absolute atomic E-state index is 0.563. The highest BCUT2D eigenvalue weighted by Crippen LogP contribution is 2.33. The third-order valence-electron chi connectivity index (χ3n) is 3.55. The van der Waals surface area contributed by atoms with E-state index in [2.05, 4.69) is 40.1 Å². The van der Waals surface area contributed by atoms with Gasteiger partial charge in [0.15, 0.2) is 0 Å². The van der Waals surface area contributed by atoms with Crippen molar-refractivity contribution in [2.75, 3.05) is 11.9 Å². The fourth-order valence-electron chi connectivity index (χ4n) is 2.48. The summed E-state index contributed by atoms with van der Waals surface area (Å²) in [6.45, 7) is 5.17. The molecule has 1 heterocycles. The molecule has 18 heavy (non-hydrogen) atoms. The molecule has 0 aromatic carbocycles. The van der Waals surface area contributed by atoms with Gasteiger partial charge in [0, 0.05) is 12.5 Å². The number of aryl methyl sites for hydroxylation is 1. The van der Waals surface area contributed by atoms with E-state index in [-0.39, 0.29) is 0 Å². The monoisotopic (exact) mass is 311 g/mol. The number of aromatic nitrogens is 2. The van der Waals surface area contributed by atoms with Gasteiger partial charge in [-0.15, -0.1) is 0 Å². The van der Waals surface area contributed by atoms with Gasteiger partial charge in [-0.1, -0.05) is 26.2 Å². The summed E-state index contributed by atoms with van der Waals surface area (Å²) in [6, 6.07) is 0. The average molecular weight is 312 g/mol. The van der Waals surface area contributed by atoms with Crippen molar-refractivity contribution in [2.45, 2.75) is 58.3 Å². The molecule has 1 aromatic heterocycles. The van der Waals surface area contributed by atoms with Gasteiger partial charge in [0.25, 0.3) is 0 Å². The maximum atomic E-state index is 4.73. The van der Waals surface area contributed by atoms with E-state index in [9.17, 15) is 0 Å². The predicted octanol–water partition coefficient (Wildman–Crippen LogP) is 4.42. The number of hydrogen-bond acceptors (Lipinski definition) is 3. The van der Waals surface area contributed by atoms with Crippen LogP contribution in [0.25, 0.3) is 0 Å². The first-order chi connectivity index (χ1) is 8.72. The fraction of sp³-hybridized carbons (Fsp3) is 0.714. The van der Waals surface area contributed by atoms with E-state index >= 15 is 0 Å². The Morgan fingerprint density at radius 2 is 1.94 bits per heavy atom. The van der Waals surface area contributed by atoms with Gasteiger partial charge in [-0.05, 0) is 42.1 Å². The zero-order valence-corrected chi connectivity index (χ0v) is 12.9. The largest absolute Gasteiger partial charge is 0.369 e. The van der Waals surface area contributed by atoms with Gasteiger partial charge < -0.3 is 5.32 Å². The molecule has 1 saturated carbocycles. The molecule has 0 spiro atoms. The lowest BCUT2D eigenvalue weighted by molar-refractivity contribution is 0.428. The molecule has 1 aliphatic carbocycles. The number of anilines is 1. The Bertz CT molecular complexity index is 400. The van der Waals surface area contributed by atoms with Crippen LogP contribution < -0.4 is 5.32 Å².